The third kappa shape index (κ3) is 2.45. The molecule has 2 aromatic heterocycles. The smallest absolute Gasteiger partial charge is 0.0953 e. The molecule has 4 nitrogen and oxygen atoms in total. The fraction of sp³-hybridized carbons (Fsp3) is 0.250. The predicted molar refractivity (Wildman–Crippen MR) is 60.3 cm³/mol. The molecule has 2 heterocycles. The first kappa shape index (κ1) is 10.4. The van der Waals surface area contributed by atoms with Crippen molar-refractivity contribution in [3.8, 4) is 17.3 Å². The molecule has 0 unspecified atom stereocenters. The molecule has 4 heteroatoms. The molecule has 0 saturated carbocycles. The molecule has 0 aliphatic carbocycles. The summed E-state index contributed by atoms with van der Waals surface area (Å²) in [6, 6.07) is 6.00. The summed E-state index contributed by atoms with van der Waals surface area (Å²) in [5.74, 6) is 0. The number of pyridine rings is 1. The van der Waals surface area contributed by atoms with Crippen molar-refractivity contribution >= 4 is 0 Å². The maximum atomic E-state index is 8.45. The number of hydrogen-bond acceptors (Lipinski definition) is 3. The third-order valence-electron chi connectivity index (χ3n) is 2.31. The van der Waals surface area contributed by atoms with Gasteiger partial charge in [0.1, 0.15) is 0 Å². The molecule has 0 spiro atoms. The zero-order chi connectivity index (χ0) is 11.2. The van der Waals surface area contributed by atoms with Gasteiger partial charge in [-0.25, -0.2) is 4.98 Å². The van der Waals surface area contributed by atoms with Crippen LogP contribution in [0, 0.1) is 11.3 Å². The van der Waals surface area contributed by atoms with Crippen molar-refractivity contribution < 1.29 is 0 Å². The van der Waals surface area contributed by atoms with E-state index in [4.69, 9.17) is 5.26 Å². The molecule has 0 aromatic carbocycles. The summed E-state index contributed by atoms with van der Waals surface area (Å²) in [5, 5.41) is 8.45. The molecule has 0 bridgehead atoms. The summed E-state index contributed by atoms with van der Waals surface area (Å²) in [6.07, 6.45) is 8.75. The van der Waals surface area contributed by atoms with E-state index >= 15 is 0 Å². The maximum absolute atomic E-state index is 8.45. The van der Waals surface area contributed by atoms with Gasteiger partial charge in [-0.3, -0.25) is 4.98 Å². The number of unbranched alkanes of at least 4 members (excludes halogenated alkanes) is 1. The van der Waals surface area contributed by atoms with Crippen molar-refractivity contribution in [2.75, 3.05) is 0 Å². The fourth-order valence-corrected chi connectivity index (χ4v) is 1.49. The normalized spacial score (nSPS) is 9.94. The molecule has 0 radical (unpaired) electrons. The minimum Gasteiger partial charge on any atom is -0.337 e. The van der Waals surface area contributed by atoms with Gasteiger partial charge in [0.15, 0.2) is 0 Å². The zero-order valence-electron chi connectivity index (χ0n) is 8.87. The molecule has 0 amide bonds. The van der Waals surface area contributed by atoms with E-state index in [-0.39, 0.29) is 0 Å². The minimum atomic E-state index is 0.586. The lowest BCUT2D eigenvalue weighted by Gasteiger charge is -1.97. The van der Waals surface area contributed by atoms with Gasteiger partial charge in [0.25, 0.3) is 0 Å². The molecular weight excluding hydrogens is 200 g/mol. The van der Waals surface area contributed by atoms with Crippen molar-refractivity contribution in [3.05, 3.63) is 37.1 Å². The van der Waals surface area contributed by atoms with Crippen molar-refractivity contribution in [1.29, 1.82) is 5.26 Å². The van der Waals surface area contributed by atoms with Gasteiger partial charge in [0, 0.05) is 37.1 Å². The van der Waals surface area contributed by atoms with Crippen LogP contribution in [0.1, 0.15) is 12.8 Å². The lowest BCUT2D eigenvalue weighted by molar-refractivity contribution is 0.653. The molecule has 16 heavy (non-hydrogen) atoms. The molecule has 0 aliphatic heterocycles. The minimum absolute atomic E-state index is 0.586. The van der Waals surface area contributed by atoms with Crippen LogP contribution in [-0.4, -0.2) is 14.5 Å². The molecule has 0 fully saturated rings. The topological polar surface area (TPSA) is 54.5 Å². The number of aromatic nitrogens is 3. The van der Waals surface area contributed by atoms with Crippen LogP contribution in [0.25, 0.3) is 11.3 Å². The largest absolute Gasteiger partial charge is 0.337 e. The summed E-state index contributed by atoms with van der Waals surface area (Å²) in [7, 11) is 0. The van der Waals surface area contributed by atoms with E-state index in [0.29, 0.717) is 6.42 Å². The number of aryl methyl sites for hydroxylation is 1. The van der Waals surface area contributed by atoms with Crippen LogP contribution in [-0.2, 0) is 6.54 Å². The van der Waals surface area contributed by atoms with Crippen molar-refractivity contribution in [3.63, 3.8) is 0 Å². The number of hydrogen-bond donors (Lipinski definition) is 0. The molecule has 0 saturated heterocycles. The van der Waals surface area contributed by atoms with Gasteiger partial charge >= 0.3 is 0 Å². The standard InChI is InChI=1S/C12H12N4/c13-5-1-2-8-16-9-12(15-10-16)11-3-6-14-7-4-11/h3-4,6-7,9-10H,1-2,8H2. The first-order valence-corrected chi connectivity index (χ1v) is 5.19. The van der Waals surface area contributed by atoms with Gasteiger partial charge in [0.05, 0.1) is 18.1 Å². The Kier molecular flexibility index (Phi) is 3.29. The van der Waals surface area contributed by atoms with Crippen molar-refractivity contribution in [2.24, 2.45) is 0 Å². The second-order valence-corrected chi connectivity index (χ2v) is 3.49. The Morgan fingerprint density at radius 2 is 2.12 bits per heavy atom. The van der Waals surface area contributed by atoms with Crippen LogP contribution in [0.5, 0.6) is 0 Å². The van der Waals surface area contributed by atoms with E-state index in [0.717, 1.165) is 24.2 Å². The molecule has 0 aliphatic rings. The second-order valence-electron chi connectivity index (χ2n) is 3.49. The number of imidazole rings is 1. The van der Waals surface area contributed by atoms with Gasteiger partial charge in [-0.1, -0.05) is 0 Å². The Hall–Kier alpha value is -2.15. The van der Waals surface area contributed by atoms with Gasteiger partial charge in [-0.05, 0) is 18.6 Å². The Labute approximate surface area is 94.2 Å². The van der Waals surface area contributed by atoms with E-state index < -0.39 is 0 Å². The Morgan fingerprint density at radius 1 is 1.31 bits per heavy atom. The van der Waals surface area contributed by atoms with Crippen LogP contribution in [0.2, 0.25) is 0 Å². The van der Waals surface area contributed by atoms with Crippen LogP contribution in [0.15, 0.2) is 37.1 Å². The SMILES string of the molecule is N#CCCCn1cnc(-c2ccncc2)c1. The van der Waals surface area contributed by atoms with Crippen LogP contribution >= 0.6 is 0 Å². The molecule has 80 valence electrons. The molecule has 0 atom stereocenters. The molecule has 2 rings (SSSR count). The number of nitriles is 1. The van der Waals surface area contributed by atoms with E-state index in [1.165, 1.54) is 0 Å². The monoisotopic (exact) mass is 212 g/mol. The summed E-state index contributed by atoms with van der Waals surface area (Å²) < 4.78 is 2.01. The van der Waals surface area contributed by atoms with E-state index in [2.05, 4.69) is 16.0 Å². The zero-order valence-corrected chi connectivity index (χ0v) is 8.87. The lowest BCUT2D eigenvalue weighted by atomic mass is 10.2. The summed E-state index contributed by atoms with van der Waals surface area (Å²) >= 11 is 0. The highest BCUT2D eigenvalue weighted by atomic mass is 15.0. The number of nitrogens with zero attached hydrogens (tertiary/aromatic N) is 4. The van der Waals surface area contributed by atoms with Gasteiger partial charge in [0.2, 0.25) is 0 Å². The predicted octanol–water partition coefficient (Wildman–Crippen LogP) is 2.25. The van der Waals surface area contributed by atoms with Crippen LogP contribution in [0.3, 0.4) is 0 Å². The molecular formula is C12H12N4. The van der Waals surface area contributed by atoms with E-state index in [1.807, 2.05) is 22.9 Å². The first-order valence-electron chi connectivity index (χ1n) is 5.19. The Bertz CT molecular complexity index is 481. The quantitative estimate of drug-likeness (QED) is 0.730. The molecule has 2 aromatic rings. The van der Waals surface area contributed by atoms with Crippen LogP contribution in [0.4, 0.5) is 0 Å². The molecule has 0 N–H and O–H groups in total. The van der Waals surface area contributed by atoms with E-state index in [9.17, 15) is 0 Å². The van der Waals surface area contributed by atoms with Gasteiger partial charge in [-0.2, -0.15) is 5.26 Å². The van der Waals surface area contributed by atoms with Crippen molar-refractivity contribution in [1.82, 2.24) is 14.5 Å². The highest BCUT2D eigenvalue weighted by molar-refractivity contribution is 5.56. The lowest BCUT2D eigenvalue weighted by Crippen LogP contribution is -1.93. The summed E-state index contributed by atoms with van der Waals surface area (Å²) in [6.45, 7) is 0.839. The van der Waals surface area contributed by atoms with Crippen molar-refractivity contribution in [2.45, 2.75) is 19.4 Å². The number of rotatable bonds is 4. The third-order valence-corrected chi connectivity index (χ3v) is 2.31. The highest BCUT2D eigenvalue weighted by Gasteiger charge is 2.00. The Balaban J connectivity index is 2.06. The summed E-state index contributed by atoms with van der Waals surface area (Å²) in [5.41, 5.74) is 2.01. The maximum Gasteiger partial charge on any atom is 0.0953 e. The second kappa shape index (κ2) is 5.08. The summed E-state index contributed by atoms with van der Waals surface area (Å²) in [4.78, 5) is 8.29. The fourth-order valence-electron chi connectivity index (χ4n) is 1.49. The Morgan fingerprint density at radius 3 is 2.88 bits per heavy atom. The average Bonchev–Trinajstić information content (AvgIpc) is 2.79. The highest BCUT2D eigenvalue weighted by Crippen LogP contribution is 2.15. The van der Waals surface area contributed by atoms with Crippen LogP contribution < -0.4 is 0 Å². The first-order chi connectivity index (χ1) is 7.90. The van der Waals surface area contributed by atoms with E-state index in [1.54, 1.807) is 18.7 Å². The van der Waals surface area contributed by atoms with Gasteiger partial charge < -0.3 is 4.57 Å². The van der Waals surface area contributed by atoms with Gasteiger partial charge in [-0.15, -0.1) is 0 Å². The average molecular weight is 212 g/mol.